The summed E-state index contributed by atoms with van der Waals surface area (Å²) in [4.78, 5) is 45.4. The number of carbonyl (C=O) groups excluding carboxylic acids is 2. The van der Waals surface area contributed by atoms with Gasteiger partial charge in [-0.15, -0.1) is 0 Å². The van der Waals surface area contributed by atoms with Gasteiger partial charge < -0.3 is 26.0 Å². The van der Waals surface area contributed by atoms with Crippen molar-refractivity contribution in [3.63, 3.8) is 0 Å². The van der Waals surface area contributed by atoms with E-state index in [2.05, 4.69) is 26.3 Å². The molecule has 4 heterocycles. The Bertz CT molecular complexity index is 2120. The molecule has 0 spiro atoms. The molecule has 1 unspecified atom stereocenters. The van der Waals surface area contributed by atoms with E-state index in [0.29, 0.717) is 71.9 Å². The molecule has 5 aromatic rings. The van der Waals surface area contributed by atoms with Crippen molar-refractivity contribution in [3.8, 4) is 39.4 Å². The molecule has 11 nitrogen and oxygen atoms in total. The van der Waals surface area contributed by atoms with Crippen molar-refractivity contribution in [3.05, 3.63) is 105 Å². The van der Waals surface area contributed by atoms with Crippen LogP contribution in [0.5, 0.6) is 5.88 Å². The SMILES string of the molecule is CNC(=O)CCNCc1cnc2cc(-c3cccc(-c4cccc(-c5ccc(CNCC6CCC(=O)N6)c(OC)n5)c4Cl)c3Cl)ccn2c1=O. The lowest BCUT2D eigenvalue weighted by Crippen LogP contribution is -2.35. The largest absolute Gasteiger partial charge is 0.481 e. The van der Waals surface area contributed by atoms with Crippen LogP contribution in [0.1, 0.15) is 30.4 Å². The van der Waals surface area contributed by atoms with Crippen LogP contribution in [-0.2, 0) is 22.7 Å². The summed E-state index contributed by atoms with van der Waals surface area (Å²) in [5, 5.41) is 13.0. The second-order valence-electron chi connectivity index (χ2n) is 12.0. The van der Waals surface area contributed by atoms with Gasteiger partial charge in [-0.3, -0.25) is 18.8 Å². The van der Waals surface area contributed by atoms with Gasteiger partial charge in [-0.25, -0.2) is 9.97 Å². The zero-order valence-corrected chi connectivity index (χ0v) is 29.2. The molecular weight excluding hydrogens is 677 g/mol. The molecule has 1 fully saturated rings. The summed E-state index contributed by atoms with van der Waals surface area (Å²) in [5.41, 5.74) is 6.09. The number of benzene rings is 2. The summed E-state index contributed by atoms with van der Waals surface area (Å²) in [7, 11) is 3.17. The Balaban J connectivity index is 1.23. The van der Waals surface area contributed by atoms with Gasteiger partial charge in [0.1, 0.15) is 5.65 Å². The first-order valence-electron chi connectivity index (χ1n) is 16.3. The van der Waals surface area contributed by atoms with Gasteiger partial charge in [-0.1, -0.05) is 65.7 Å². The first kappa shape index (κ1) is 35.0. The van der Waals surface area contributed by atoms with Crippen LogP contribution in [0.2, 0.25) is 10.0 Å². The zero-order valence-electron chi connectivity index (χ0n) is 27.7. The van der Waals surface area contributed by atoms with Crippen molar-refractivity contribution in [2.75, 3.05) is 27.2 Å². The number of nitrogens with one attached hydrogen (secondary N) is 4. The van der Waals surface area contributed by atoms with Crippen LogP contribution in [-0.4, -0.2) is 59.5 Å². The number of methoxy groups -OCH3 is 1. The molecule has 258 valence electrons. The first-order valence-corrected chi connectivity index (χ1v) is 17.1. The number of nitrogens with zero attached hydrogens (tertiary/aromatic N) is 3. The quantitative estimate of drug-likeness (QED) is 0.125. The van der Waals surface area contributed by atoms with Gasteiger partial charge in [0, 0.05) is 97.9 Å². The molecule has 4 N–H and O–H groups in total. The number of aromatic nitrogens is 3. The van der Waals surface area contributed by atoms with Crippen molar-refractivity contribution >= 4 is 40.7 Å². The first-order chi connectivity index (χ1) is 24.3. The lowest BCUT2D eigenvalue weighted by atomic mass is 9.97. The average Bonchev–Trinajstić information content (AvgIpc) is 3.55. The maximum Gasteiger partial charge on any atom is 0.262 e. The van der Waals surface area contributed by atoms with Gasteiger partial charge in [0.05, 0.1) is 22.8 Å². The fourth-order valence-electron chi connectivity index (χ4n) is 5.99. The molecule has 1 aliphatic rings. The van der Waals surface area contributed by atoms with Gasteiger partial charge in [0.2, 0.25) is 17.7 Å². The fourth-order valence-corrected chi connectivity index (χ4v) is 6.66. The Labute approximate surface area is 299 Å². The van der Waals surface area contributed by atoms with Gasteiger partial charge in [-0.05, 0) is 30.2 Å². The maximum absolute atomic E-state index is 13.2. The van der Waals surface area contributed by atoms with Gasteiger partial charge in [-0.2, -0.15) is 0 Å². The number of amides is 2. The Morgan fingerprint density at radius 3 is 2.40 bits per heavy atom. The normalized spacial score (nSPS) is 14.2. The van der Waals surface area contributed by atoms with E-state index < -0.39 is 0 Å². The molecule has 1 aliphatic heterocycles. The van der Waals surface area contributed by atoms with E-state index >= 15 is 0 Å². The molecule has 3 aromatic heterocycles. The van der Waals surface area contributed by atoms with Crippen molar-refractivity contribution in [1.82, 2.24) is 35.6 Å². The lowest BCUT2D eigenvalue weighted by Gasteiger charge is -2.16. The zero-order chi connectivity index (χ0) is 35.2. The summed E-state index contributed by atoms with van der Waals surface area (Å²) in [6.07, 6.45) is 4.95. The summed E-state index contributed by atoms with van der Waals surface area (Å²) in [5.74, 6) is 0.505. The molecule has 6 rings (SSSR count). The molecule has 13 heteroatoms. The highest BCUT2D eigenvalue weighted by molar-refractivity contribution is 6.39. The minimum atomic E-state index is -0.189. The van der Waals surface area contributed by atoms with E-state index in [-0.39, 0.29) is 23.4 Å². The number of ether oxygens (including phenoxy) is 1. The smallest absolute Gasteiger partial charge is 0.262 e. The highest BCUT2D eigenvalue weighted by Crippen LogP contribution is 2.42. The molecule has 2 amide bonds. The molecule has 1 saturated heterocycles. The molecule has 0 saturated carbocycles. The summed E-state index contributed by atoms with van der Waals surface area (Å²) in [6.45, 7) is 1.95. The van der Waals surface area contributed by atoms with Crippen molar-refractivity contribution in [1.29, 1.82) is 0 Å². The van der Waals surface area contributed by atoms with Crippen LogP contribution < -0.4 is 31.6 Å². The van der Waals surface area contributed by atoms with Gasteiger partial charge in [0.25, 0.3) is 5.56 Å². The van der Waals surface area contributed by atoms with Crippen LogP contribution >= 0.6 is 23.2 Å². The molecule has 0 aliphatic carbocycles. The summed E-state index contributed by atoms with van der Waals surface area (Å²) < 4.78 is 7.13. The minimum absolute atomic E-state index is 0.0721. The fraction of sp³-hybridized carbons (Fsp3) is 0.270. The predicted octanol–water partition coefficient (Wildman–Crippen LogP) is 5.00. The third-order valence-electron chi connectivity index (χ3n) is 8.70. The number of fused-ring (bicyclic) bond motifs is 1. The van der Waals surface area contributed by atoms with Crippen LogP contribution in [0.15, 0.2) is 77.9 Å². The van der Waals surface area contributed by atoms with Crippen molar-refractivity contribution in [2.24, 2.45) is 0 Å². The van der Waals surface area contributed by atoms with Crippen LogP contribution in [0.4, 0.5) is 0 Å². The molecule has 1 atom stereocenters. The van der Waals surface area contributed by atoms with Crippen LogP contribution in [0.3, 0.4) is 0 Å². The van der Waals surface area contributed by atoms with Gasteiger partial charge in [0.15, 0.2) is 0 Å². The van der Waals surface area contributed by atoms with Crippen molar-refractivity contribution < 1.29 is 14.3 Å². The topological polar surface area (TPSA) is 139 Å². The molecule has 0 radical (unpaired) electrons. The van der Waals surface area contributed by atoms with E-state index in [1.165, 1.54) is 4.40 Å². The van der Waals surface area contributed by atoms with Crippen LogP contribution in [0.25, 0.3) is 39.2 Å². The highest BCUT2D eigenvalue weighted by Gasteiger charge is 2.21. The van der Waals surface area contributed by atoms with Gasteiger partial charge >= 0.3 is 0 Å². The third-order valence-corrected chi connectivity index (χ3v) is 9.52. The monoisotopic (exact) mass is 713 g/mol. The Hall–Kier alpha value is -4.81. The Morgan fingerprint density at radius 1 is 0.960 bits per heavy atom. The predicted molar refractivity (Wildman–Crippen MR) is 195 cm³/mol. The van der Waals surface area contributed by atoms with E-state index in [1.54, 1.807) is 26.6 Å². The minimum Gasteiger partial charge on any atom is -0.481 e. The molecule has 0 bridgehead atoms. The number of pyridine rings is 2. The molecule has 2 aromatic carbocycles. The highest BCUT2D eigenvalue weighted by atomic mass is 35.5. The number of hydrogen-bond donors (Lipinski definition) is 4. The Morgan fingerprint density at radius 2 is 1.68 bits per heavy atom. The maximum atomic E-state index is 13.2. The number of rotatable bonds is 13. The lowest BCUT2D eigenvalue weighted by molar-refractivity contribution is -0.120. The average molecular weight is 715 g/mol. The molecular formula is C37H37Cl2N7O4. The summed E-state index contributed by atoms with van der Waals surface area (Å²) in [6, 6.07) is 19.1. The van der Waals surface area contributed by atoms with E-state index in [9.17, 15) is 14.4 Å². The Kier molecular flexibility index (Phi) is 11.1. The third kappa shape index (κ3) is 7.66. The number of hydrogen-bond acceptors (Lipinski definition) is 8. The van der Waals surface area contributed by atoms with E-state index in [1.807, 2.05) is 60.7 Å². The number of halogens is 2. The second kappa shape index (κ2) is 15.8. The number of carbonyl (C=O) groups is 2. The standard InChI is InChI=1S/C37H37Cl2N7O4/c1-40-32(47)13-15-41-19-24-20-43-31-17-22(14-16-46(31)37(24)49)26-5-3-6-27(34(26)38)28-7-4-8-29(35(28)39)30-11-9-23(36(45-30)50-2)18-42-21-25-10-12-33(48)44-25/h3-9,11,14,16-17,20,25,41-42H,10,12-13,15,18-19,21H2,1-2H3,(H,40,47)(H,44,48). The molecule has 50 heavy (non-hydrogen) atoms. The summed E-state index contributed by atoms with van der Waals surface area (Å²) >= 11 is 14.2. The van der Waals surface area contributed by atoms with E-state index in [0.717, 1.165) is 39.8 Å². The second-order valence-corrected chi connectivity index (χ2v) is 12.7. The van der Waals surface area contributed by atoms with E-state index in [4.69, 9.17) is 32.9 Å². The van der Waals surface area contributed by atoms with Crippen molar-refractivity contribution in [2.45, 2.75) is 38.4 Å². The van der Waals surface area contributed by atoms with Crippen LogP contribution in [0, 0.1) is 0 Å².